The van der Waals surface area contributed by atoms with Gasteiger partial charge in [-0.25, -0.2) is 9.97 Å². The van der Waals surface area contributed by atoms with E-state index in [1.165, 1.54) is 6.33 Å². The van der Waals surface area contributed by atoms with E-state index < -0.39 is 6.10 Å². The van der Waals surface area contributed by atoms with Gasteiger partial charge in [-0.1, -0.05) is 47.1 Å². The van der Waals surface area contributed by atoms with Gasteiger partial charge in [-0.05, 0) is 18.4 Å². The summed E-state index contributed by atoms with van der Waals surface area (Å²) < 4.78 is 0. The average Bonchev–Trinajstić information content (AvgIpc) is 3.08. The molecule has 0 saturated heterocycles. The van der Waals surface area contributed by atoms with Crippen LogP contribution in [0.5, 0.6) is 0 Å². The van der Waals surface area contributed by atoms with Gasteiger partial charge in [0.15, 0.2) is 17.1 Å². The Bertz CT molecular complexity index is 801. The molecule has 0 unspecified atom stereocenters. The summed E-state index contributed by atoms with van der Waals surface area (Å²) >= 11 is 5.99. The Labute approximate surface area is 149 Å². The van der Waals surface area contributed by atoms with Gasteiger partial charge >= 0.3 is 0 Å². The number of nitrogens with zero attached hydrogens (tertiary/aromatic N) is 3. The third kappa shape index (κ3) is 2.89. The molecule has 2 aliphatic rings. The summed E-state index contributed by atoms with van der Waals surface area (Å²) in [5.41, 5.74) is 8.09. The van der Waals surface area contributed by atoms with E-state index in [9.17, 15) is 5.11 Å². The summed E-state index contributed by atoms with van der Waals surface area (Å²) in [5, 5.41) is 18.2. The first-order chi connectivity index (χ1) is 12.1. The summed E-state index contributed by atoms with van der Waals surface area (Å²) in [5.74, 6) is 0.374. The molecular weight excluding hydrogens is 342 g/mol. The zero-order chi connectivity index (χ0) is 17.4. The van der Waals surface area contributed by atoms with Crippen LogP contribution in [0.1, 0.15) is 18.4 Å². The van der Waals surface area contributed by atoms with Gasteiger partial charge in [0, 0.05) is 6.04 Å². The van der Waals surface area contributed by atoms with Crippen LogP contribution in [0, 0.1) is 5.92 Å². The van der Waals surface area contributed by atoms with E-state index >= 15 is 0 Å². The largest absolute Gasteiger partial charge is 0.393 e. The number of hydrogen-bond acceptors (Lipinski definition) is 7. The number of nitrogens with one attached hydrogen (secondary N) is 1. The zero-order valence-corrected chi connectivity index (χ0v) is 14.1. The molecule has 1 aliphatic carbocycles. The third-order valence-corrected chi connectivity index (χ3v) is 5.06. The van der Waals surface area contributed by atoms with Crippen molar-refractivity contribution in [1.82, 2.24) is 9.97 Å². The lowest BCUT2D eigenvalue weighted by atomic mass is 9.76. The Morgan fingerprint density at radius 2 is 2.00 bits per heavy atom. The van der Waals surface area contributed by atoms with Crippen LogP contribution in [0.2, 0.25) is 5.15 Å². The smallest absolute Gasteiger partial charge is 0.163 e. The molecule has 1 aliphatic heterocycles. The van der Waals surface area contributed by atoms with Crippen molar-refractivity contribution in [3.05, 3.63) is 47.4 Å². The fourth-order valence-electron chi connectivity index (χ4n) is 3.50. The van der Waals surface area contributed by atoms with Crippen LogP contribution in [0.15, 0.2) is 41.8 Å². The Kier molecular flexibility index (Phi) is 4.19. The second-order valence-electron chi connectivity index (χ2n) is 6.26. The van der Waals surface area contributed by atoms with Gasteiger partial charge in [-0.3, -0.25) is 0 Å². The molecule has 4 N–H and O–H groups in total. The fourth-order valence-corrected chi connectivity index (χ4v) is 3.64. The number of rotatable bonds is 3. The van der Waals surface area contributed by atoms with Crippen molar-refractivity contribution in [2.45, 2.75) is 31.1 Å². The highest BCUT2D eigenvalue weighted by molar-refractivity contribution is 6.32. The van der Waals surface area contributed by atoms with Gasteiger partial charge in [-0.15, -0.1) is 0 Å². The first-order valence-electron chi connectivity index (χ1n) is 8.15. The van der Waals surface area contributed by atoms with Gasteiger partial charge in [0.25, 0.3) is 0 Å². The predicted octanol–water partition coefficient (Wildman–Crippen LogP) is 2.07. The first kappa shape index (κ1) is 16.1. The third-order valence-electron chi connectivity index (χ3n) is 4.76. The van der Waals surface area contributed by atoms with Gasteiger partial charge in [-0.2, -0.15) is 0 Å². The van der Waals surface area contributed by atoms with E-state index in [1.807, 2.05) is 30.3 Å². The number of oxime groups is 1. The normalized spacial score (nSPS) is 28.0. The number of fused-ring (bicyclic) bond motifs is 1. The van der Waals surface area contributed by atoms with Crippen LogP contribution in [0.25, 0.3) is 0 Å². The molecule has 1 saturated carbocycles. The van der Waals surface area contributed by atoms with Crippen molar-refractivity contribution in [2.24, 2.45) is 11.1 Å². The second-order valence-corrected chi connectivity index (χ2v) is 6.62. The predicted molar refractivity (Wildman–Crippen MR) is 95.4 cm³/mol. The van der Waals surface area contributed by atoms with Crippen molar-refractivity contribution in [3.63, 3.8) is 0 Å². The number of benzene rings is 1. The minimum Gasteiger partial charge on any atom is -0.393 e. The molecule has 25 heavy (non-hydrogen) atoms. The van der Waals surface area contributed by atoms with E-state index in [-0.39, 0.29) is 23.2 Å². The summed E-state index contributed by atoms with van der Waals surface area (Å²) in [6, 6.07) is 9.79. The topological polar surface area (TPSA) is 106 Å². The maximum Gasteiger partial charge on any atom is 0.163 e. The lowest BCUT2D eigenvalue weighted by Crippen LogP contribution is -2.49. The lowest BCUT2D eigenvalue weighted by molar-refractivity contribution is -0.0579. The SMILES string of the molecule is Nc1c(Cl)ncnc1N[C@@H]1CC[C@H](O)[C@H]2ON=C(c3ccccc3)[C@H]21. The molecule has 8 heteroatoms. The number of halogens is 1. The van der Waals surface area contributed by atoms with Crippen molar-refractivity contribution in [1.29, 1.82) is 0 Å². The average molecular weight is 360 g/mol. The quantitative estimate of drug-likeness (QED) is 0.724. The van der Waals surface area contributed by atoms with E-state index in [2.05, 4.69) is 20.4 Å². The zero-order valence-electron chi connectivity index (χ0n) is 13.3. The van der Waals surface area contributed by atoms with Crippen LogP contribution in [-0.4, -0.2) is 39.0 Å². The van der Waals surface area contributed by atoms with Gasteiger partial charge < -0.3 is 21.0 Å². The second kappa shape index (κ2) is 6.50. The molecule has 0 amide bonds. The molecule has 0 radical (unpaired) electrons. The van der Waals surface area contributed by atoms with Crippen LogP contribution < -0.4 is 11.1 Å². The van der Waals surface area contributed by atoms with E-state index in [0.29, 0.717) is 17.9 Å². The Morgan fingerprint density at radius 1 is 1.20 bits per heavy atom. The van der Waals surface area contributed by atoms with Crippen LogP contribution in [0.3, 0.4) is 0 Å². The number of aromatic nitrogens is 2. The van der Waals surface area contributed by atoms with E-state index in [1.54, 1.807) is 0 Å². The molecule has 2 aromatic rings. The van der Waals surface area contributed by atoms with Crippen molar-refractivity contribution >= 4 is 28.8 Å². The fraction of sp³-hybridized carbons (Fsp3) is 0.353. The highest BCUT2D eigenvalue weighted by Crippen LogP contribution is 2.37. The molecule has 1 aromatic heterocycles. The number of aliphatic hydroxyl groups is 1. The molecule has 0 spiro atoms. The lowest BCUT2D eigenvalue weighted by Gasteiger charge is -2.36. The molecule has 7 nitrogen and oxygen atoms in total. The van der Waals surface area contributed by atoms with E-state index in [4.69, 9.17) is 22.2 Å². The van der Waals surface area contributed by atoms with Gasteiger partial charge in [0.05, 0.1) is 17.7 Å². The number of hydrogen-bond donors (Lipinski definition) is 3. The molecule has 1 fully saturated rings. The highest BCUT2D eigenvalue weighted by Gasteiger charge is 2.47. The number of aliphatic hydroxyl groups excluding tert-OH is 1. The summed E-state index contributed by atoms with van der Waals surface area (Å²) in [4.78, 5) is 13.6. The van der Waals surface area contributed by atoms with E-state index in [0.717, 1.165) is 17.7 Å². The molecule has 1 aromatic carbocycles. The molecule has 0 bridgehead atoms. The van der Waals surface area contributed by atoms with Crippen molar-refractivity contribution in [2.75, 3.05) is 11.1 Å². The number of nitrogens with two attached hydrogens (primary N) is 1. The maximum atomic E-state index is 10.3. The molecular formula is C17H18ClN5O2. The van der Waals surface area contributed by atoms with Crippen molar-refractivity contribution < 1.29 is 9.94 Å². The minimum absolute atomic E-state index is 0.0388. The standard InChI is InChI=1S/C17H18ClN5O2/c18-16-13(19)17(21-8-20-16)22-10-6-7-11(24)15-12(10)14(23-25-15)9-4-2-1-3-5-9/h1-5,8,10-12,15,24H,6-7,19H2,(H,20,21,22)/t10-,11+,12-,15-/m1/s1. The first-order valence-corrected chi connectivity index (χ1v) is 8.52. The van der Waals surface area contributed by atoms with Crippen LogP contribution in [0.4, 0.5) is 11.5 Å². The van der Waals surface area contributed by atoms with Crippen LogP contribution in [-0.2, 0) is 4.84 Å². The van der Waals surface area contributed by atoms with Gasteiger partial charge in [0.2, 0.25) is 0 Å². The van der Waals surface area contributed by atoms with Crippen molar-refractivity contribution in [3.8, 4) is 0 Å². The number of anilines is 2. The van der Waals surface area contributed by atoms with Crippen LogP contribution >= 0.6 is 11.6 Å². The summed E-state index contributed by atoms with van der Waals surface area (Å²) in [6.07, 6.45) is 1.76. The maximum absolute atomic E-state index is 10.3. The summed E-state index contributed by atoms with van der Waals surface area (Å²) in [6.45, 7) is 0. The molecule has 4 atom stereocenters. The van der Waals surface area contributed by atoms with Gasteiger partial charge in [0.1, 0.15) is 12.0 Å². The summed E-state index contributed by atoms with van der Waals surface area (Å²) in [7, 11) is 0. The molecule has 130 valence electrons. The Hall–Kier alpha value is -2.38. The molecule has 2 heterocycles. The minimum atomic E-state index is -0.556. The Balaban J connectivity index is 1.65. The molecule has 4 rings (SSSR count). The number of nitrogen functional groups attached to an aromatic ring is 1. The Morgan fingerprint density at radius 3 is 2.80 bits per heavy atom. The monoisotopic (exact) mass is 359 g/mol. The highest BCUT2D eigenvalue weighted by atomic mass is 35.5.